The van der Waals surface area contributed by atoms with E-state index in [1.807, 2.05) is 23.8 Å². The van der Waals surface area contributed by atoms with Crippen LogP contribution in [0.3, 0.4) is 0 Å². The number of nitrogens with zero attached hydrogens (tertiary/aromatic N) is 1. The Kier molecular flexibility index (Phi) is 6.89. The summed E-state index contributed by atoms with van der Waals surface area (Å²) in [5.74, 6) is -2.37. The maximum Gasteiger partial charge on any atom is 0.282 e. The van der Waals surface area contributed by atoms with Crippen molar-refractivity contribution in [2.24, 2.45) is 0 Å². The van der Waals surface area contributed by atoms with Gasteiger partial charge < -0.3 is 9.55 Å². The van der Waals surface area contributed by atoms with E-state index in [-0.39, 0.29) is 28.9 Å². The lowest BCUT2D eigenvalue weighted by atomic mass is 10.0. The van der Waals surface area contributed by atoms with Gasteiger partial charge in [-0.25, -0.2) is 21.9 Å². The van der Waals surface area contributed by atoms with Crippen LogP contribution in [0.2, 0.25) is 0 Å². The Morgan fingerprint density at radius 2 is 1.92 bits per heavy atom. The standard InChI is InChI=1S/C26H23F2N3O4S/c1-3-4-6-16-8-11-22-20(13-16)23(19-7-5-12-29-25(19)32)24(26(33)30-36(2,34)35)31(22)15-17-14-18(27)9-10-21(17)28/h4-14H,3,15H2,1-2H3,(H,29,32)(H,30,33). The second kappa shape index (κ2) is 9.90. The minimum Gasteiger partial charge on any atom is -0.331 e. The van der Waals surface area contributed by atoms with Crippen molar-refractivity contribution in [2.75, 3.05) is 6.26 Å². The number of hydrogen-bond donors (Lipinski definition) is 2. The quantitative estimate of drug-likeness (QED) is 0.383. The topological polar surface area (TPSA) is 101 Å². The van der Waals surface area contributed by atoms with Crippen LogP contribution in [-0.2, 0) is 16.6 Å². The number of pyridine rings is 1. The second-order valence-electron chi connectivity index (χ2n) is 8.25. The second-order valence-corrected chi connectivity index (χ2v) is 10.00. The summed E-state index contributed by atoms with van der Waals surface area (Å²) in [5, 5.41) is 0.473. The van der Waals surface area contributed by atoms with E-state index in [1.165, 1.54) is 16.8 Å². The van der Waals surface area contributed by atoms with Crippen molar-refractivity contribution in [3.63, 3.8) is 0 Å². The number of fused-ring (bicyclic) bond motifs is 1. The number of carbonyl (C=O) groups excluding carboxylic acids is 1. The molecule has 0 spiro atoms. The van der Waals surface area contributed by atoms with E-state index in [0.29, 0.717) is 10.9 Å². The molecule has 4 rings (SSSR count). The molecule has 0 aliphatic rings. The molecule has 0 aliphatic carbocycles. The summed E-state index contributed by atoms with van der Waals surface area (Å²) in [7, 11) is -3.99. The maximum atomic E-state index is 14.6. The van der Waals surface area contributed by atoms with Crippen LogP contribution in [0, 0.1) is 11.6 Å². The van der Waals surface area contributed by atoms with Gasteiger partial charge in [-0.2, -0.15) is 0 Å². The molecule has 0 aliphatic heterocycles. The molecule has 2 aromatic heterocycles. The molecule has 0 bridgehead atoms. The van der Waals surface area contributed by atoms with Crippen molar-refractivity contribution < 1.29 is 22.0 Å². The molecule has 2 heterocycles. The summed E-state index contributed by atoms with van der Waals surface area (Å²) in [6.45, 7) is 1.68. The number of amides is 1. The Morgan fingerprint density at radius 3 is 2.61 bits per heavy atom. The van der Waals surface area contributed by atoms with Gasteiger partial charge in [-0.3, -0.25) is 9.59 Å². The van der Waals surface area contributed by atoms with Gasteiger partial charge in [-0.1, -0.05) is 25.1 Å². The van der Waals surface area contributed by atoms with Crippen molar-refractivity contribution in [3.8, 4) is 11.1 Å². The molecule has 4 aromatic rings. The first kappa shape index (κ1) is 25.1. The van der Waals surface area contributed by atoms with Crippen molar-refractivity contribution >= 4 is 32.9 Å². The van der Waals surface area contributed by atoms with E-state index in [1.54, 1.807) is 24.3 Å². The van der Waals surface area contributed by atoms with Crippen LogP contribution in [-0.4, -0.2) is 30.1 Å². The molecule has 0 unspecified atom stereocenters. The van der Waals surface area contributed by atoms with Gasteiger partial charge in [0.15, 0.2) is 0 Å². The first-order valence-corrected chi connectivity index (χ1v) is 12.9. The van der Waals surface area contributed by atoms with Crippen LogP contribution in [0.15, 0.2) is 65.6 Å². The predicted molar refractivity (Wildman–Crippen MR) is 135 cm³/mol. The highest BCUT2D eigenvalue weighted by Gasteiger charge is 2.27. The van der Waals surface area contributed by atoms with Gasteiger partial charge in [-0.05, 0) is 54.4 Å². The largest absolute Gasteiger partial charge is 0.331 e. The van der Waals surface area contributed by atoms with E-state index in [4.69, 9.17) is 0 Å². The van der Waals surface area contributed by atoms with Crippen LogP contribution < -0.4 is 10.3 Å². The SMILES string of the molecule is CCC=Cc1ccc2c(c1)c(-c1ccc[nH]c1=O)c(C(=O)NS(C)(=O)=O)n2Cc1cc(F)ccc1F. The van der Waals surface area contributed by atoms with E-state index >= 15 is 0 Å². The van der Waals surface area contributed by atoms with Gasteiger partial charge in [0.2, 0.25) is 10.0 Å². The lowest BCUT2D eigenvalue weighted by molar-refractivity contribution is 0.0974. The predicted octanol–water partition coefficient (Wildman–Crippen LogP) is 4.44. The molecule has 36 heavy (non-hydrogen) atoms. The number of aromatic amines is 1. The molecule has 2 N–H and O–H groups in total. The first-order chi connectivity index (χ1) is 17.1. The van der Waals surface area contributed by atoms with Crippen LogP contribution in [0.1, 0.15) is 35.0 Å². The average molecular weight is 512 g/mol. The third-order valence-electron chi connectivity index (χ3n) is 5.55. The number of sulfonamides is 1. The number of halogens is 2. The summed E-state index contributed by atoms with van der Waals surface area (Å²) in [6, 6.07) is 11.3. The molecule has 2 aromatic carbocycles. The summed E-state index contributed by atoms with van der Waals surface area (Å²) < 4.78 is 55.8. The fourth-order valence-electron chi connectivity index (χ4n) is 4.07. The molecule has 186 valence electrons. The number of allylic oxidation sites excluding steroid dienone is 1. The first-order valence-electron chi connectivity index (χ1n) is 11.1. The molecule has 0 atom stereocenters. The molecule has 1 amide bonds. The average Bonchev–Trinajstić information content (AvgIpc) is 3.12. The van der Waals surface area contributed by atoms with E-state index in [0.717, 1.165) is 36.4 Å². The van der Waals surface area contributed by atoms with Gasteiger partial charge in [0.1, 0.15) is 17.3 Å². The van der Waals surface area contributed by atoms with Crippen LogP contribution in [0.25, 0.3) is 28.1 Å². The summed E-state index contributed by atoms with van der Waals surface area (Å²) in [5.41, 5.74) is 0.784. The number of H-pyrrole nitrogens is 1. The summed E-state index contributed by atoms with van der Waals surface area (Å²) >= 11 is 0. The summed E-state index contributed by atoms with van der Waals surface area (Å²) in [6.07, 6.45) is 6.85. The Labute approximate surface area is 206 Å². The van der Waals surface area contributed by atoms with Crippen LogP contribution in [0.4, 0.5) is 8.78 Å². The van der Waals surface area contributed by atoms with Gasteiger partial charge in [-0.15, -0.1) is 0 Å². The highest BCUT2D eigenvalue weighted by molar-refractivity contribution is 7.89. The Morgan fingerprint density at radius 1 is 1.14 bits per heavy atom. The molecule has 0 radical (unpaired) electrons. The van der Waals surface area contributed by atoms with Crippen molar-refractivity contribution in [2.45, 2.75) is 19.9 Å². The third kappa shape index (κ3) is 5.13. The van der Waals surface area contributed by atoms with Crippen LogP contribution >= 0.6 is 0 Å². The number of carbonyl (C=O) groups is 1. The lowest BCUT2D eigenvalue weighted by Crippen LogP contribution is -2.32. The Bertz CT molecular complexity index is 1670. The minimum atomic E-state index is -3.99. The molecular formula is C26H23F2N3O4S. The zero-order valence-electron chi connectivity index (χ0n) is 19.5. The fourth-order valence-corrected chi connectivity index (χ4v) is 4.51. The smallest absolute Gasteiger partial charge is 0.282 e. The van der Waals surface area contributed by atoms with E-state index in [9.17, 15) is 26.8 Å². The number of rotatable bonds is 7. The normalized spacial score (nSPS) is 11.9. The van der Waals surface area contributed by atoms with Gasteiger partial charge in [0.25, 0.3) is 11.5 Å². The molecule has 0 saturated heterocycles. The number of nitrogens with one attached hydrogen (secondary N) is 2. The zero-order valence-corrected chi connectivity index (χ0v) is 20.3. The van der Waals surface area contributed by atoms with Crippen molar-refractivity contribution in [1.82, 2.24) is 14.3 Å². The summed E-state index contributed by atoms with van der Waals surface area (Å²) in [4.78, 5) is 28.7. The number of aromatic nitrogens is 2. The van der Waals surface area contributed by atoms with E-state index < -0.39 is 33.1 Å². The molecular weight excluding hydrogens is 488 g/mol. The Hall–Kier alpha value is -4.05. The molecule has 0 saturated carbocycles. The monoisotopic (exact) mass is 511 g/mol. The van der Waals surface area contributed by atoms with Gasteiger partial charge in [0, 0.05) is 33.8 Å². The fraction of sp³-hybridized carbons (Fsp3) is 0.154. The van der Waals surface area contributed by atoms with Crippen molar-refractivity contribution in [1.29, 1.82) is 0 Å². The number of benzene rings is 2. The molecule has 10 heteroatoms. The zero-order chi connectivity index (χ0) is 26.0. The third-order valence-corrected chi connectivity index (χ3v) is 6.11. The molecule has 7 nitrogen and oxygen atoms in total. The van der Waals surface area contributed by atoms with Gasteiger partial charge >= 0.3 is 0 Å². The molecule has 0 fully saturated rings. The Balaban J connectivity index is 2.11. The van der Waals surface area contributed by atoms with Crippen LogP contribution in [0.5, 0.6) is 0 Å². The van der Waals surface area contributed by atoms with Gasteiger partial charge in [0.05, 0.1) is 12.8 Å². The number of hydrogen-bond acceptors (Lipinski definition) is 4. The highest BCUT2D eigenvalue weighted by Crippen LogP contribution is 2.35. The minimum absolute atomic E-state index is 0.0521. The highest BCUT2D eigenvalue weighted by atomic mass is 32.2. The lowest BCUT2D eigenvalue weighted by Gasteiger charge is -2.13. The maximum absolute atomic E-state index is 14.6. The van der Waals surface area contributed by atoms with Crippen molar-refractivity contribution in [3.05, 3.63) is 99.6 Å². The van der Waals surface area contributed by atoms with E-state index in [2.05, 4.69) is 4.98 Å².